The van der Waals surface area contributed by atoms with Crippen LogP contribution in [0.25, 0.3) is 0 Å². The Hall–Kier alpha value is 0.860. The molecule has 1 rings (SSSR count). The van der Waals surface area contributed by atoms with Crippen molar-refractivity contribution < 1.29 is 0 Å². The molecule has 0 saturated carbocycles. The molecule has 0 N–H and O–H groups in total. The van der Waals surface area contributed by atoms with E-state index in [1.165, 1.54) is 0 Å². The standard InChI is InChI=1S/C9H24P2/c1-9-6-11(5,7-9)8-10(2,3)4/h9-11H,6-8H2,1-5H3. The van der Waals surface area contributed by atoms with Crippen molar-refractivity contribution in [3.05, 3.63) is 0 Å². The molecule has 1 fully saturated rings. The molecule has 70 valence electrons. The van der Waals surface area contributed by atoms with E-state index in [1.54, 1.807) is 18.2 Å². The van der Waals surface area contributed by atoms with E-state index in [0.717, 1.165) is 5.92 Å². The molecule has 1 saturated heterocycles. The quantitative estimate of drug-likeness (QED) is 0.593. The van der Waals surface area contributed by atoms with Crippen LogP contribution in [0.2, 0.25) is 0 Å². The van der Waals surface area contributed by atoms with Crippen molar-refractivity contribution in [2.24, 2.45) is 5.92 Å². The van der Waals surface area contributed by atoms with Crippen LogP contribution in [-0.2, 0) is 0 Å². The van der Waals surface area contributed by atoms with Crippen LogP contribution in [0.3, 0.4) is 0 Å². The van der Waals surface area contributed by atoms with Gasteiger partial charge in [0.2, 0.25) is 0 Å². The van der Waals surface area contributed by atoms with Crippen LogP contribution in [0.1, 0.15) is 6.92 Å². The van der Waals surface area contributed by atoms with Gasteiger partial charge in [-0.3, -0.25) is 0 Å². The summed E-state index contributed by atoms with van der Waals surface area (Å²) < 4.78 is 0. The van der Waals surface area contributed by atoms with Crippen molar-refractivity contribution >= 4 is 14.5 Å². The van der Waals surface area contributed by atoms with Crippen molar-refractivity contribution in [1.29, 1.82) is 0 Å². The van der Waals surface area contributed by atoms with Gasteiger partial charge in [0, 0.05) is 0 Å². The Balaban J connectivity index is 2.38. The summed E-state index contributed by atoms with van der Waals surface area (Å²) in [6, 6.07) is 0. The van der Waals surface area contributed by atoms with Gasteiger partial charge >= 0.3 is 72.3 Å². The maximum absolute atomic E-state index is 2.62. The molecule has 0 atom stereocenters. The summed E-state index contributed by atoms with van der Waals surface area (Å²) in [5, 5.41) is 0. The molecule has 1 aliphatic rings. The summed E-state index contributed by atoms with van der Waals surface area (Å²) in [7, 11) is -1.36. The van der Waals surface area contributed by atoms with Gasteiger partial charge in [0.1, 0.15) is 0 Å². The fourth-order valence-corrected chi connectivity index (χ4v) is 17.7. The molecule has 0 amide bonds. The Kier molecular flexibility index (Phi) is 2.68. The van der Waals surface area contributed by atoms with Crippen molar-refractivity contribution in [1.82, 2.24) is 0 Å². The predicted molar refractivity (Wildman–Crippen MR) is 64.1 cm³/mol. The van der Waals surface area contributed by atoms with E-state index < -0.39 is 14.5 Å². The molecule has 2 heteroatoms. The van der Waals surface area contributed by atoms with Gasteiger partial charge in [-0.2, -0.15) is 0 Å². The van der Waals surface area contributed by atoms with Crippen molar-refractivity contribution in [2.45, 2.75) is 6.92 Å². The molecule has 1 aliphatic heterocycles. The van der Waals surface area contributed by atoms with Gasteiger partial charge in [-0.15, -0.1) is 0 Å². The number of hydrogen-bond donors (Lipinski definition) is 0. The molecule has 0 spiro atoms. The Labute approximate surface area is 72.8 Å². The van der Waals surface area contributed by atoms with Gasteiger partial charge in [-0.1, -0.05) is 0 Å². The second-order valence-electron chi connectivity index (χ2n) is 6.06. The van der Waals surface area contributed by atoms with Gasteiger partial charge < -0.3 is 0 Å². The van der Waals surface area contributed by atoms with E-state index in [-0.39, 0.29) is 0 Å². The SMILES string of the molecule is CC1C[PH](C)(C[PH](C)(C)C)C1. The molecule has 0 aromatic rings. The summed E-state index contributed by atoms with van der Waals surface area (Å²) >= 11 is 0. The van der Waals surface area contributed by atoms with E-state index in [2.05, 4.69) is 33.6 Å². The van der Waals surface area contributed by atoms with Gasteiger partial charge in [-0.05, 0) is 0 Å². The van der Waals surface area contributed by atoms with Crippen LogP contribution < -0.4 is 0 Å². The third-order valence-corrected chi connectivity index (χ3v) is 13.7. The molecule has 11 heavy (non-hydrogen) atoms. The van der Waals surface area contributed by atoms with Crippen molar-refractivity contribution in [3.8, 4) is 0 Å². The summed E-state index contributed by atoms with van der Waals surface area (Å²) in [5.74, 6) is 2.74. The predicted octanol–water partition coefficient (Wildman–Crippen LogP) is 2.61. The van der Waals surface area contributed by atoms with Crippen molar-refractivity contribution in [2.75, 3.05) is 44.9 Å². The van der Waals surface area contributed by atoms with Gasteiger partial charge in [0.25, 0.3) is 0 Å². The van der Waals surface area contributed by atoms with E-state index >= 15 is 0 Å². The molecule has 0 bridgehead atoms. The average molecular weight is 194 g/mol. The molecule has 1 heterocycles. The molecule has 0 aromatic carbocycles. The van der Waals surface area contributed by atoms with E-state index in [4.69, 9.17) is 0 Å². The Morgan fingerprint density at radius 2 is 1.73 bits per heavy atom. The first kappa shape index (κ1) is 9.94. The zero-order valence-corrected chi connectivity index (χ0v) is 10.7. The molecule has 0 radical (unpaired) electrons. The third kappa shape index (κ3) is 3.00. The molecule has 0 nitrogen and oxygen atoms in total. The zero-order valence-electron chi connectivity index (χ0n) is 8.70. The third-order valence-electron chi connectivity index (χ3n) is 2.64. The molecular formula is C9H24P2. The minimum absolute atomic E-state index is 0.633. The molecule has 0 aromatic heterocycles. The van der Waals surface area contributed by atoms with Crippen LogP contribution in [0.5, 0.6) is 0 Å². The fourth-order valence-electron chi connectivity index (χ4n) is 3.05. The molecule has 0 aliphatic carbocycles. The summed E-state index contributed by atoms with van der Waals surface area (Å²) in [4.78, 5) is 0. The van der Waals surface area contributed by atoms with Crippen LogP contribution in [0.4, 0.5) is 0 Å². The first-order valence-corrected chi connectivity index (χ1v) is 11.6. The topological polar surface area (TPSA) is 0 Å². The molecule has 0 unspecified atom stereocenters. The first-order valence-electron chi connectivity index (χ1n) is 4.81. The van der Waals surface area contributed by atoms with E-state index in [9.17, 15) is 0 Å². The summed E-state index contributed by atoms with van der Waals surface area (Å²) in [5.41, 5.74) is 0. The minimum atomic E-state index is -0.730. The van der Waals surface area contributed by atoms with Crippen LogP contribution >= 0.6 is 14.5 Å². The van der Waals surface area contributed by atoms with Gasteiger partial charge in [-0.25, -0.2) is 0 Å². The van der Waals surface area contributed by atoms with Gasteiger partial charge in [0.15, 0.2) is 0 Å². The van der Waals surface area contributed by atoms with Crippen molar-refractivity contribution in [3.63, 3.8) is 0 Å². The normalized spacial score (nSPS) is 34.1. The number of hydrogen-bond acceptors (Lipinski definition) is 0. The monoisotopic (exact) mass is 194 g/mol. The van der Waals surface area contributed by atoms with Crippen LogP contribution in [0, 0.1) is 5.92 Å². The Morgan fingerprint density at radius 3 is 2.00 bits per heavy atom. The second kappa shape index (κ2) is 2.97. The fraction of sp³-hybridized carbons (Fsp3) is 1.00. The number of rotatable bonds is 2. The Morgan fingerprint density at radius 1 is 1.27 bits per heavy atom. The van der Waals surface area contributed by atoms with E-state index in [0.29, 0.717) is 0 Å². The molecular weight excluding hydrogens is 170 g/mol. The average Bonchev–Trinajstić information content (AvgIpc) is 1.53. The second-order valence-corrected chi connectivity index (χ2v) is 17.0. The van der Waals surface area contributed by atoms with E-state index in [1.807, 2.05) is 0 Å². The van der Waals surface area contributed by atoms with Crippen LogP contribution in [-0.4, -0.2) is 44.9 Å². The maximum atomic E-state index is 2.62. The Bertz CT molecular complexity index is 140. The first-order chi connectivity index (χ1) is 4.81. The summed E-state index contributed by atoms with van der Waals surface area (Å²) in [6.45, 7) is 12.6. The summed E-state index contributed by atoms with van der Waals surface area (Å²) in [6.07, 6.45) is 3.24. The zero-order chi connectivity index (χ0) is 8.70. The van der Waals surface area contributed by atoms with Crippen LogP contribution in [0.15, 0.2) is 0 Å². The van der Waals surface area contributed by atoms with Gasteiger partial charge in [0.05, 0.1) is 0 Å².